The van der Waals surface area contributed by atoms with Gasteiger partial charge >= 0.3 is 0 Å². The molecule has 13 heavy (non-hydrogen) atoms. The lowest BCUT2D eigenvalue weighted by atomic mass is 10.0. The van der Waals surface area contributed by atoms with Crippen LogP contribution in [0.1, 0.15) is 0 Å². The Kier molecular flexibility index (Phi) is 5.16. The monoisotopic (exact) mass is 196 g/mol. The van der Waals surface area contributed by atoms with Gasteiger partial charge in [-0.25, -0.2) is 0 Å². The van der Waals surface area contributed by atoms with Crippen molar-refractivity contribution in [2.45, 2.75) is 24.4 Å². The van der Waals surface area contributed by atoms with E-state index in [9.17, 15) is 10.2 Å². The van der Waals surface area contributed by atoms with Crippen LogP contribution in [0.5, 0.6) is 0 Å². The molecule has 0 saturated carbocycles. The van der Waals surface area contributed by atoms with Crippen molar-refractivity contribution < 1.29 is 21.8 Å². The Bertz CT molecular complexity index is 153. The number of hydrazine groups is 1. The Morgan fingerprint density at radius 3 is 2.38 bits per heavy atom. The quantitative estimate of drug-likeness (QED) is 0.162. The summed E-state index contributed by atoms with van der Waals surface area (Å²) in [6, 6.07) is -0.857. The standard InChI is InChI=1S/C6H17N3O4/c7-3(1-9-8)5(12)6(13)4(11)2-10/h3-6,9-13H,1-2,7-8H2/t3-,4+,5+,6+/m0/s1/i/hD. The molecule has 0 aromatic heterocycles. The van der Waals surface area contributed by atoms with Crippen LogP contribution in [0, 0.1) is 0 Å². The van der Waals surface area contributed by atoms with E-state index in [1.165, 1.54) is 0 Å². The van der Waals surface area contributed by atoms with Crippen molar-refractivity contribution in [2.75, 3.05) is 13.2 Å². The maximum atomic E-state index is 9.34. The van der Waals surface area contributed by atoms with Gasteiger partial charge in [0.15, 0.2) is 0 Å². The number of hydrogen-bond donors (Lipinski definition) is 7. The van der Waals surface area contributed by atoms with E-state index in [2.05, 4.69) is 5.43 Å². The van der Waals surface area contributed by atoms with Crippen LogP contribution in [-0.4, -0.2) is 57.9 Å². The number of nitrogens with two attached hydrogens (primary N) is 2. The Morgan fingerprint density at radius 1 is 1.31 bits per heavy atom. The van der Waals surface area contributed by atoms with Crippen LogP contribution in [0.4, 0.5) is 0 Å². The molecule has 7 nitrogen and oxygen atoms in total. The minimum atomic E-state index is -1.51. The van der Waals surface area contributed by atoms with E-state index in [-0.39, 0.29) is 6.54 Å². The molecule has 0 spiro atoms. The van der Waals surface area contributed by atoms with Crippen molar-refractivity contribution in [1.82, 2.24) is 5.43 Å². The first-order valence-corrected chi connectivity index (χ1v) is 3.84. The third kappa shape index (κ3) is 3.96. The van der Waals surface area contributed by atoms with E-state index in [1.807, 2.05) is 5.84 Å². The molecule has 0 saturated heterocycles. The first-order chi connectivity index (χ1) is 6.54. The molecule has 0 radical (unpaired) electrons. The van der Waals surface area contributed by atoms with Crippen molar-refractivity contribution in [3.8, 4) is 0 Å². The molecule has 4 atom stereocenters. The van der Waals surface area contributed by atoms with Gasteiger partial charge < -0.3 is 26.2 Å². The molecule has 0 aromatic carbocycles. The number of hydrogen-bond acceptors (Lipinski definition) is 7. The molecule has 0 rings (SSSR count). The summed E-state index contributed by atoms with van der Waals surface area (Å²) in [5, 5.41) is 36.0. The van der Waals surface area contributed by atoms with Crippen LogP contribution in [-0.2, 0) is 0 Å². The highest BCUT2D eigenvalue weighted by Gasteiger charge is 2.28. The predicted octanol–water partition coefficient (Wildman–Crippen LogP) is -4.15. The van der Waals surface area contributed by atoms with Gasteiger partial charge in [-0.1, -0.05) is 0 Å². The lowest BCUT2D eigenvalue weighted by Crippen LogP contribution is -2.53. The van der Waals surface area contributed by atoms with Crippen molar-refractivity contribution in [2.24, 2.45) is 11.6 Å². The zero-order chi connectivity index (χ0) is 11.1. The molecule has 0 unspecified atom stereocenters. The largest absolute Gasteiger partial charge is 0.394 e. The smallest absolute Gasteiger partial charge is 0.137 e. The van der Waals surface area contributed by atoms with Crippen LogP contribution in [0.2, 0.25) is 1.41 Å². The second-order valence-corrected chi connectivity index (χ2v) is 2.78. The lowest BCUT2D eigenvalue weighted by Gasteiger charge is -2.25. The first kappa shape index (κ1) is 10.8. The van der Waals surface area contributed by atoms with Gasteiger partial charge in [-0.05, 0) is 0 Å². The highest BCUT2D eigenvalue weighted by Crippen LogP contribution is 2.02. The number of rotatable bonds is 7. The van der Waals surface area contributed by atoms with E-state index in [0.717, 1.165) is 0 Å². The summed E-state index contributed by atoms with van der Waals surface area (Å²) >= 11 is 0. The Hall–Kier alpha value is -0.280. The van der Waals surface area contributed by atoms with Crippen LogP contribution in [0.25, 0.3) is 0 Å². The van der Waals surface area contributed by atoms with Crippen LogP contribution < -0.4 is 17.0 Å². The highest BCUT2D eigenvalue weighted by molar-refractivity contribution is 4.83. The average Bonchev–Trinajstić information content (AvgIpc) is 2.22. The molecular weight excluding hydrogens is 178 g/mol. The van der Waals surface area contributed by atoms with Crippen molar-refractivity contribution in [3.63, 3.8) is 0 Å². The van der Waals surface area contributed by atoms with Gasteiger partial charge in [0.2, 0.25) is 0 Å². The zero-order valence-corrected chi connectivity index (χ0v) is 7.09. The SMILES string of the molecule is [2H]NNC[C@H](N)[C@@H](O)[C@H](O)[C@H](O)CO. The fourth-order valence-corrected chi connectivity index (χ4v) is 0.827. The lowest BCUT2D eigenvalue weighted by molar-refractivity contribution is -0.0829. The van der Waals surface area contributed by atoms with Gasteiger partial charge in [0.25, 0.3) is 0 Å². The first-order valence-electron chi connectivity index (χ1n) is 4.34. The van der Waals surface area contributed by atoms with Gasteiger partial charge in [-0.2, -0.15) is 0 Å². The topological polar surface area (TPSA) is 145 Å². The minimum absolute atomic E-state index is 0.0415. The number of nitrogens with one attached hydrogen (secondary N) is 1. The minimum Gasteiger partial charge on any atom is -0.394 e. The summed E-state index contributed by atoms with van der Waals surface area (Å²) in [6.07, 6.45) is -4.32. The van der Waals surface area contributed by atoms with Crippen molar-refractivity contribution >= 4 is 0 Å². The van der Waals surface area contributed by atoms with Gasteiger partial charge in [-0.3, -0.25) is 11.3 Å². The average molecular weight is 196 g/mol. The van der Waals surface area contributed by atoms with Crippen LogP contribution in [0.15, 0.2) is 0 Å². The molecule has 0 aliphatic rings. The van der Waals surface area contributed by atoms with Gasteiger partial charge in [0.05, 0.1) is 12.7 Å². The molecular formula is C6H17N3O4. The van der Waals surface area contributed by atoms with E-state index < -0.39 is 31.0 Å². The van der Waals surface area contributed by atoms with Crippen molar-refractivity contribution in [3.05, 3.63) is 0 Å². The molecule has 0 aromatic rings. The summed E-state index contributed by atoms with van der Waals surface area (Å²) in [5.74, 6) is 1.85. The fraction of sp³-hybridized carbons (Fsp3) is 1.00. The highest BCUT2D eigenvalue weighted by atomic mass is 16.4. The molecule has 0 fully saturated rings. The third-order valence-electron chi connectivity index (χ3n) is 1.71. The maximum absolute atomic E-state index is 9.34. The van der Waals surface area contributed by atoms with Gasteiger partial charge in [0, 0.05) is 12.6 Å². The van der Waals surface area contributed by atoms with E-state index >= 15 is 0 Å². The summed E-state index contributed by atoms with van der Waals surface area (Å²) in [7, 11) is 0. The van der Waals surface area contributed by atoms with Crippen molar-refractivity contribution in [1.29, 1.82) is 0 Å². The second-order valence-electron chi connectivity index (χ2n) is 2.78. The molecule has 7 heteroatoms. The molecule has 0 aliphatic heterocycles. The van der Waals surface area contributed by atoms with Gasteiger partial charge in [-0.15, -0.1) is 0 Å². The predicted molar refractivity (Wildman–Crippen MR) is 45.3 cm³/mol. The Morgan fingerprint density at radius 2 is 1.92 bits per heavy atom. The Balaban J connectivity index is 3.95. The summed E-state index contributed by atoms with van der Waals surface area (Å²) < 4.78 is 6.51. The fourth-order valence-electron chi connectivity index (χ4n) is 0.827. The number of aliphatic hydroxyl groups is 4. The normalized spacial score (nSPS) is 21.8. The molecule has 0 amide bonds. The molecule has 0 heterocycles. The van der Waals surface area contributed by atoms with E-state index in [4.69, 9.17) is 17.4 Å². The Labute approximate surface area is 77.4 Å². The summed E-state index contributed by atoms with van der Waals surface area (Å²) in [6.45, 7) is -0.616. The number of aliphatic hydroxyl groups excluding tert-OH is 4. The molecule has 0 aliphatic carbocycles. The maximum Gasteiger partial charge on any atom is 0.137 e. The van der Waals surface area contributed by atoms with E-state index in [1.54, 1.807) is 0 Å². The van der Waals surface area contributed by atoms with Gasteiger partial charge in [0.1, 0.15) is 13.6 Å². The van der Waals surface area contributed by atoms with Crippen LogP contribution in [0.3, 0.4) is 0 Å². The zero-order valence-electron chi connectivity index (χ0n) is 8.09. The second kappa shape index (κ2) is 6.22. The third-order valence-corrected chi connectivity index (χ3v) is 1.71. The van der Waals surface area contributed by atoms with Crippen LogP contribution >= 0.6 is 0 Å². The molecule has 80 valence electrons. The van der Waals surface area contributed by atoms with E-state index in [0.29, 0.717) is 0 Å². The molecule has 0 bridgehead atoms. The molecule has 9 N–H and O–H groups in total. The summed E-state index contributed by atoms with van der Waals surface area (Å²) in [5.41, 5.74) is 7.73. The summed E-state index contributed by atoms with van der Waals surface area (Å²) in [4.78, 5) is 0.